The van der Waals surface area contributed by atoms with Gasteiger partial charge in [-0.25, -0.2) is 12.6 Å². The zero-order valence-corrected chi connectivity index (χ0v) is 30.6. The monoisotopic (exact) mass is 839 g/mol. The number of carbonyl (C=O) groups excluding carboxylic acids is 2. The molecular formula is C28H24CoCr2N2O14S2-2. The van der Waals surface area contributed by atoms with Crippen LogP contribution in [0, 0.1) is 80.4 Å². The summed E-state index contributed by atoms with van der Waals surface area (Å²) in [6.07, 6.45) is 8.52. The summed E-state index contributed by atoms with van der Waals surface area (Å²) in [5.41, 5.74) is 1.77. The van der Waals surface area contributed by atoms with Crippen LogP contribution in [0.4, 0.5) is 0 Å². The van der Waals surface area contributed by atoms with E-state index < -0.39 is 0 Å². The van der Waals surface area contributed by atoms with Gasteiger partial charge in [0, 0.05) is 100 Å². The van der Waals surface area contributed by atoms with E-state index in [9.17, 15) is 9.59 Å². The summed E-state index contributed by atoms with van der Waals surface area (Å²) in [5, 5.41) is 4.51. The summed E-state index contributed by atoms with van der Waals surface area (Å²) in [6.45, 7) is 52.7. The van der Waals surface area contributed by atoms with Crippen molar-refractivity contribution in [2.24, 2.45) is 0 Å². The molecule has 2 aliphatic heterocycles. The number of thiazole rings is 2. The molecule has 0 amide bonds. The van der Waals surface area contributed by atoms with Gasteiger partial charge in [-0.1, -0.05) is 0 Å². The molecule has 2 fully saturated rings. The molecule has 1 radical (unpaired) electrons. The molecule has 265 valence electrons. The first-order valence-corrected chi connectivity index (χ1v) is 12.2. The molecule has 2 aliphatic rings. The number of hydrogen-bond acceptors (Lipinski definition) is 8. The molecule has 0 aliphatic carbocycles. The van der Waals surface area contributed by atoms with E-state index in [0.717, 1.165) is 37.8 Å². The normalized spacial score (nSPS) is 8.29. The van der Waals surface area contributed by atoms with E-state index in [0.29, 0.717) is 10.0 Å². The summed E-state index contributed by atoms with van der Waals surface area (Å²) >= 11 is 2.63. The van der Waals surface area contributed by atoms with Gasteiger partial charge in [0.25, 0.3) is 0 Å². The molecule has 0 unspecified atom stereocenters. The molecule has 4 heterocycles. The van der Waals surface area contributed by atoms with E-state index in [4.69, 9.17) is 56.0 Å². The van der Waals surface area contributed by atoms with Gasteiger partial charge in [-0.3, -0.25) is 9.97 Å². The van der Waals surface area contributed by atoms with Crippen molar-refractivity contribution in [2.45, 2.75) is 39.5 Å². The third-order valence-electron chi connectivity index (χ3n) is 3.07. The Hall–Kier alpha value is -2.51. The van der Waals surface area contributed by atoms with Crippen LogP contribution in [0.1, 0.15) is 47.1 Å². The quantitative estimate of drug-likeness (QED) is 0.323. The Labute approximate surface area is 325 Å². The van der Waals surface area contributed by atoms with Gasteiger partial charge in [0.1, 0.15) is 0 Å². The van der Waals surface area contributed by atoms with Crippen LogP contribution >= 0.6 is 22.7 Å². The summed E-state index contributed by atoms with van der Waals surface area (Å²) in [4.78, 5) is 27.3. The Morgan fingerprint density at radius 2 is 0.694 bits per heavy atom. The van der Waals surface area contributed by atoms with Gasteiger partial charge in [-0.15, -0.1) is 0 Å². The van der Waals surface area contributed by atoms with Crippen molar-refractivity contribution in [2.75, 3.05) is 26.4 Å². The molecule has 2 saturated heterocycles. The molecule has 4 rings (SSSR count). The second-order valence-electron chi connectivity index (χ2n) is 5.43. The number of nitrogens with zero attached hydrogens (tertiary/aromatic N) is 2. The van der Waals surface area contributed by atoms with Crippen molar-refractivity contribution >= 4 is 35.2 Å². The second kappa shape index (κ2) is 119. The maximum Gasteiger partial charge on any atom is 0 e. The first-order valence-electron chi connectivity index (χ1n) is 10.5. The molecule has 0 spiro atoms. The van der Waals surface area contributed by atoms with Crippen molar-refractivity contribution < 1.29 is 117 Å². The van der Waals surface area contributed by atoms with Crippen molar-refractivity contribution in [3.63, 3.8) is 0 Å². The second-order valence-corrected chi connectivity index (χ2v) is 7.15. The number of ether oxygens (including phenoxy) is 2. The number of aryl methyl sites for hydroxylation is 2. The molecule has 49 heavy (non-hydrogen) atoms. The molecular weight excluding hydrogens is 815 g/mol. The summed E-state index contributed by atoms with van der Waals surface area (Å²) in [5.74, 6) is 0. The van der Waals surface area contributed by atoms with Crippen molar-refractivity contribution in [3.05, 3.63) is 98.7 Å². The zero-order chi connectivity index (χ0) is 39.0. The largest absolute Gasteiger partial charge is 0 e. The third kappa shape index (κ3) is 98.9. The zero-order valence-electron chi connectivity index (χ0n) is 25.4. The van der Waals surface area contributed by atoms with Gasteiger partial charge in [0.05, 0.1) is 0 Å². The van der Waals surface area contributed by atoms with Crippen molar-refractivity contribution in [3.8, 4) is 0 Å². The Morgan fingerprint density at radius 3 is 0.755 bits per heavy atom. The summed E-state index contributed by atoms with van der Waals surface area (Å²) in [6, 6.07) is 0. The van der Waals surface area contributed by atoms with E-state index in [1.807, 2.05) is 24.6 Å². The van der Waals surface area contributed by atoms with E-state index in [1.54, 1.807) is 12.6 Å². The van der Waals surface area contributed by atoms with Gasteiger partial charge >= 0.3 is 113 Å². The Bertz CT molecular complexity index is 902. The minimum Gasteiger partial charge on any atom is 0 e. The van der Waals surface area contributed by atoms with E-state index >= 15 is 0 Å². The van der Waals surface area contributed by atoms with E-state index in [-0.39, 0.29) is 51.5 Å². The molecule has 2 aromatic heterocycles. The average molecular weight is 840 g/mol. The first-order chi connectivity index (χ1) is 22.7. The van der Waals surface area contributed by atoms with Gasteiger partial charge in [0.15, 0.2) is 0 Å². The van der Waals surface area contributed by atoms with E-state index in [1.165, 1.54) is 48.4 Å². The molecule has 0 bridgehead atoms. The van der Waals surface area contributed by atoms with Crippen LogP contribution in [0.15, 0.2) is 10.8 Å². The predicted octanol–water partition coefficient (Wildman–Crippen LogP) is 3.03. The predicted molar refractivity (Wildman–Crippen MR) is 143 cm³/mol. The number of rotatable bonds is 2. The maximum atomic E-state index is 9.84. The van der Waals surface area contributed by atoms with Crippen molar-refractivity contribution in [1.29, 1.82) is 0 Å². The smallest absolute Gasteiger partial charge is 0 e. The fourth-order valence-corrected chi connectivity index (χ4v) is 2.98. The molecule has 0 N–H and O–H groups in total. The van der Waals surface area contributed by atoms with Crippen LogP contribution in [-0.2, 0) is 117 Å². The Morgan fingerprint density at radius 1 is 0.510 bits per heavy atom. The fraction of sp³-hybridized carbons (Fsp3) is 0.357. The average Bonchev–Trinajstić information content (AvgIpc) is 4.05. The number of hydrogen-bond donors (Lipinski definition) is 0. The maximum absolute atomic E-state index is 9.84. The summed E-state index contributed by atoms with van der Waals surface area (Å²) < 4.78 is 84.9. The van der Waals surface area contributed by atoms with Crippen LogP contribution in [0.2, 0.25) is 0 Å². The molecule has 16 nitrogen and oxygen atoms in total. The van der Waals surface area contributed by atoms with Gasteiger partial charge in [-0.2, -0.15) is 22.7 Å². The molecule has 0 atom stereocenters. The van der Waals surface area contributed by atoms with Crippen LogP contribution in [0.5, 0.6) is 0 Å². The van der Waals surface area contributed by atoms with Crippen LogP contribution < -0.4 is 0 Å². The van der Waals surface area contributed by atoms with Crippen LogP contribution in [0.3, 0.4) is 0 Å². The fourth-order valence-electron chi connectivity index (χ4n) is 1.82. The molecule has 0 aromatic carbocycles. The Kier molecular flexibility index (Phi) is 209. The summed E-state index contributed by atoms with van der Waals surface area (Å²) in [7, 11) is 0. The van der Waals surface area contributed by atoms with E-state index in [2.05, 4.69) is 76.5 Å². The van der Waals surface area contributed by atoms with Gasteiger partial charge in [-0.05, 0) is 49.5 Å². The molecule has 21 heteroatoms. The van der Waals surface area contributed by atoms with Crippen molar-refractivity contribution in [1.82, 2.24) is 9.97 Å². The molecule has 0 saturated carbocycles. The van der Waals surface area contributed by atoms with Crippen LogP contribution in [0.25, 0.3) is 0 Å². The topological polar surface area (TPSA) is 277 Å². The Balaban J connectivity index is -0.0000000272. The standard InChI is InChI=1S/2C5H4NOS.2C4H8O.10CO.Co.2Cr/c2*1-4-3-8-5(2-7)6-4;2*1-2-4-5-3-1;10*1-2;;;/h2*3H,1H3;2*1-4H2;;;;;;;;;;;;;/q2*-1;;;;;;;;;;;;;;;. The first kappa shape index (κ1) is 85.8. The minimum atomic E-state index is 0. The third-order valence-corrected chi connectivity index (χ3v) is 4.78. The van der Waals surface area contributed by atoms with Crippen LogP contribution in [-0.4, -0.2) is 49.0 Å². The number of aromatic nitrogens is 2. The van der Waals surface area contributed by atoms with Gasteiger partial charge < -0.3 is 19.1 Å². The molecule has 2 aromatic rings. The minimum absolute atomic E-state index is 0. The SMILES string of the molecule is C1CCOC1.C1CCOC1.Cc1csc([C-]=O)n1.Cc1csc([C-]=O)n1.[C-]#[O+].[C-]#[O+].[C-]#[O+].[C-]#[O+].[C-]#[O+].[C-]#[O+].[C-]#[O+].[C-]#[O+].[C-]#[O+].[C-]#[O+].[Co].[Cr].[Cr]. The van der Waals surface area contributed by atoms with Gasteiger partial charge in [0.2, 0.25) is 0 Å².